The molecule has 20 heavy (non-hydrogen) atoms. The number of nitrogens with one attached hydrogen (secondary N) is 1. The molecule has 1 aromatic carbocycles. The van der Waals surface area contributed by atoms with Crippen molar-refractivity contribution in [3.05, 3.63) is 29.8 Å². The van der Waals surface area contributed by atoms with Crippen molar-refractivity contribution in [2.75, 3.05) is 26.2 Å². The molecule has 6 nitrogen and oxygen atoms in total. The monoisotopic (exact) mass is 294 g/mol. The van der Waals surface area contributed by atoms with E-state index in [4.69, 9.17) is 5.11 Å². The molecule has 2 N–H and O–H groups in total. The van der Waals surface area contributed by atoms with Crippen LogP contribution < -0.4 is 5.32 Å². The van der Waals surface area contributed by atoms with E-state index in [1.807, 2.05) is 0 Å². The number of aliphatic hydroxyl groups is 1. The minimum atomic E-state index is -3.70. The van der Waals surface area contributed by atoms with Crippen molar-refractivity contribution in [1.82, 2.24) is 9.62 Å². The summed E-state index contributed by atoms with van der Waals surface area (Å²) < 4.78 is 26.0. The third kappa shape index (κ3) is 3.17. The van der Waals surface area contributed by atoms with Crippen molar-refractivity contribution in [2.45, 2.75) is 4.90 Å². The van der Waals surface area contributed by atoms with Crippen molar-refractivity contribution in [3.8, 4) is 11.8 Å². The zero-order chi connectivity index (χ0) is 14.6. The van der Waals surface area contributed by atoms with Crippen LogP contribution >= 0.6 is 0 Å². The SMILES string of the molecule is O=C1CN(S(=O)(=O)c2cccc(C#CCO)c2)CCN1. The van der Waals surface area contributed by atoms with E-state index in [2.05, 4.69) is 17.2 Å². The van der Waals surface area contributed by atoms with Gasteiger partial charge in [-0.15, -0.1) is 0 Å². The highest BCUT2D eigenvalue weighted by Crippen LogP contribution is 2.17. The molecule has 0 aromatic heterocycles. The maximum Gasteiger partial charge on any atom is 0.243 e. The van der Waals surface area contributed by atoms with Gasteiger partial charge in [-0.3, -0.25) is 4.79 Å². The van der Waals surface area contributed by atoms with E-state index >= 15 is 0 Å². The average molecular weight is 294 g/mol. The third-order valence-corrected chi connectivity index (χ3v) is 4.63. The number of carbonyl (C=O) groups is 1. The summed E-state index contributed by atoms with van der Waals surface area (Å²) >= 11 is 0. The van der Waals surface area contributed by atoms with Crippen molar-refractivity contribution in [2.24, 2.45) is 0 Å². The lowest BCUT2D eigenvalue weighted by molar-refractivity contribution is -0.122. The molecule has 0 spiro atoms. The number of aliphatic hydroxyl groups excluding tert-OH is 1. The number of amides is 1. The van der Waals surface area contributed by atoms with Crippen molar-refractivity contribution >= 4 is 15.9 Å². The van der Waals surface area contributed by atoms with Crippen LogP contribution in [-0.2, 0) is 14.8 Å². The predicted octanol–water partition coefficient (Wildman–Crippen LogP) is -0.849. The molecular formula is C13H14N2O4S. The summed E-state index contributed by atoms with van der Waals surface area (Å²) in [7, 11) is -3.70. The van der Waals surface area contributed by atoms with E-state index in [1.54, 1.807) is 12.1 Å². The van der Waals surface area contributed by atoms with Gasteiger partial charge in [0.2, 0.25) is 15.9 Å². The number of piperazine rings is 1. The first-order valence-corrected chi connectivity index (χ1v) is 7.44. The number of hydrogen-bond donors (Lipinski definition) is 2. The van der Waals surface area contributed by atoms with Gasteiger partial charge in [-0.05, 0) is 18.2 Å². The molecule has 0 saturated carbocycles. The van der Waals surface area contributed by atoms with Crippen LogP contribution in [0.15, 0.2) is 29.2 Å². The zero-order valence-electron chi connectivity index (χ0n) is 10.7. The summed E-state index contributed by atoms with van der Waals surface area (Å²) in [6.07, 6.45) is 0. The molecule has 0 radical (unpaired) electrons. The van der Waals surface area contributed by atoms with Gasteiger partial charge in [0, 0.05) is 18.7 Å². The summed E-state index contributed by atoms with van der Waals surface area (Å²) in [5.41, 5.74) is 0.501. The standard InChI is InChI=1S/C13H14N2O4S/c16-8-2-4-11-3-1-5-12(9-11)20(18,19)15-7-6-14-13(17)10-15/h1,3,5,9,16H,6-8,10H2,(H,14,17). The molecule has 106 valence electrons. The van der Waals surface area contributed by atoms with Crippen LogP contribution in [0.2, 0.25) is 0 Å². The topological polar surface area (TPSA) is 86.7 Å². The van der Waals surface area contributed by atoms with Crippen LogP contribution in [0.5, 0.6) is 0 Å². The van der Waals surface area contributed by atoms with E-state index in [1.165, 1.54) is 12.1 Å². The lowest BCUT2D eigenvalue weighted by Crippen LogP contribution is -2.49. The lowest BCUT2D eigenvalue weighted by Gasteiger charge is -2.25. The molecule has 7 heteroatoms. The maximum absolute atomic E-state index is 12.4. The second-order valence-electron chi connectivity index (χ2n) is 4.18. The van der Waals surface area contributed by atoms with Gasteiger partial charge >= 0.3 is 0 Å². The van der Waals surface area contributed by atoms with Crippen LogP contribution in [0.1, 0.15) is 5.56 Å². The Morgan fingerprint density at radius 1 is 1.40 bits per heavy atom. The molecule has 0 unspecified atom stereocenters. The zero-order valence-corrected chi connectivity index (χ0v) is 11.5. The molecule has 0 atom stereocenters. The van der Waals surface area contributed by atoms with E-state index in [9.17, 15) is 13.2 Å². The Hall–Kier alpha value is -1.88. The number of rotatable bonds is 2. The highest BCUT2D eigenvalue weighted by atomic mass is 32.2. The fourth-order valence-corrected chi connectivity index (χ4v) is 3.29. The third-order valence-electron chi connectivity index (χ3n) is 2.79. The first kappa shape index (κ1) is 14.5. The van der Waals surface area contributed by atoms with Crippen molar-refractivity contribution in [3.63, 3.8) is 0 Å². The smallest absolute Gasteiger partial charge is 0.243 e. The Bertz CT molecular complexity index is 673. The van der Waals surface area contributed by atoms with E-state index < -0.39 is 10.0 Å². The Kier molecular flexibility index (Phi) is 4.39. The Balaban J connectivity index is 2.31. The first-order valence-electron chi connectivity index (χ1n) is 6.00. The maximum atomic E-state index is 12.4. The quantitative estimate of drug-likeness (QED) is 0.696. The summed E-state index contributed by atoms with van der Waals surface area (Å²) in [6.45, 7) is 0.0981. The van der Waals surface area contributed by atoms with Gasteiger partial charge in [0.05, 0.1) is 11.4 Å². The van der Waals surface area contributed by atoms with Gasteiger partial charge in [-0.25, -0.2) is 8.42 Å². The number of benzene rings is 1. The second-order valence-corrected chi connectivity index (χ2v) is 6.11. The number of nitrogens with zero attached hydrogens (tertiary/aromatic N) is 1. The number of sulfonamides is 1. The fraction of sp³-hybridized carbons (Fsp3) is 0.308. The number of hydrogen-bond acceptors (Lipinski definition) is 4. The Morgan fingerprint density at radius 2 is 2.20 bits per heavy atom. The van der Waals surface area contributed by atoms with Gasteiger partial charge in [0.1, 0.15) is 6.61 Å². The Morgan fingerprint density at radius 3 is 2.90 bits per heavy atom. The minimum Gasteiger partial charge on any atom is -0.384 e. The van der Waals surface area contributed by atoms with Crippen molar-refractivity contribution < 1.29 is 18.3 Å². The molecule has 1 aromatic rings. The van der Waals surface area contributed by atoms with Crippen LogP contribution in [0, 0.1) is 11.8 Å². The van der Waals surface area contributed by atoms with Gasteiger partial charge in [0.25, 0.3) is 0 Å². The van der Waals surface area contributed by atoms with Gasteiger partial charge in [0.15, 0.2) is 0 Å². The van der Waals surface area contributed by atoms with E-state index in [0.717, 1.165) is 4.31 Å². The highest BCUT2D eigenvalue weighted by molar-refractivity contribution is 7.89. The normalized spacial score (nSPS) is 16.1. The number of carbonyl (C=O) groups excluding carboxylic acids is 1. The summed E-state index contributed by atoms with van der Waals surface area (Å²) in [6, 6.07) is 6.14. The first-order chi connectivity index (χ1) is 9.54. The van der Waals surface area contributed by atoms with E-state index in [0.29, 0.717) is 12.1 Å². The minimum absolute atomic E-state index is 0.0944. The van der Waals surface area contributed by atoms with Crippen LogP contribution in [0.3, 0.4) is 0 Å². The Labute approximate surface area is 117 Å². The molecule has 1 fully saturated rings. The van der Waals surface area contributed by atoms with Gasteiger partial charge < -0.3 is 10.4 Å². The molecular weight excluding hydrogens is 280 g/mol. The van der Waals surface area contributed by atoms with Crippen LogP contribution in [0.25, 0.3) is 0 Å². The van der Waals surface area contributed by atoms with Crippen LogP contribution in [-0.4, -0.2) is 50.0 Å². The van der Waals surface area contributed by atoms with Crippen molar-refractivity contribution in [1.29, 1.82) is 0 Å². The average Bonchev–Trinajstić information content (AvgIpc) is 2.45. The lowest BCUT2D eigenvalue weighted by atomic mass is 10.2. The predicted molar refractivity (Wildman–Crippen MR) is 72.2 cm³/mol. The molecule has 1 amide bonds. The molecule has 1 heterocycles. The molecule has 0 aliphatic carbocycles. The summed E-state index contributed by atoms with van der Waals surface area (Å²) in [4.78, 5) is 11.4. The van der Waals surface area contributed by atoms with E-state index in [-0.39, 0.29) is 30.5 Å². The highest BCUT2D eigenvalue weighted by Gasteiger charge is 2.29. The molecule has 1 aliphatic heterocycles. The molecule has 0 bridgehead atoms. The van der Waals surface area contributed by atoms with Gasteiger partial charge in [-0.2, -0.15) is 4.31 Å². The van der Waals surface area contributed by atoms with Crippen LogP contribution in [0.4, 0.5) is 0 Å². The largest absolute Gasteiger partial charge is 0.384 e. The summed E-state index contributed by atoms with van der Waals surface area (Å²) in [5.74, 6) is 4.81. The fourth-order valence-electron chi connectivity index (χ4n) is 1.85. The summed E-state index contributed by atoms with van der Waals surface area (Å²) in [5, 5.41) is 11.2. The molecule has 1 saturated heterocycles. The molecule has 1 aliphatic rings. The molecule has 2 rings (SSSR count). The second kappa shape index (κ2) is 6.05. The van der Waals surface area contributed by atoms with Gasteiger partial charge in [-0.1, -0.05) is 17.9 Å².